The Balaban J connectivity index is 2.88. The first-order valence-electron chi connectivity index (χ1n) is 11.8. The summed E-state index contributed by atoms with van der Waals surface area (Å²) in [4.78, 5) is 50.7. The molecule has 11 heteroatoms. The molecule has 4 amide bonds. The van der Waals surface area contributed by atoms with Crippen molar-refractivity contribution in [2.45, 2.75) is 91.7 Å². The zero-order chi connectivity index (χ0) is 25.3. The van der Waals surface area contributed by atoms with E-state index in [1.165, 1.54) is 6.92 Å². The average Bonchev–Trinajstić information content (AvgIpc) is 3.26. The number of hydrogen-bond acceptors (Lipinski definition) is 6. The predicted molar refractivity (Wildman–Crippen MR) is 126 cm³/mol. The lowest BCUT2D eigenvalue weighted by atomic mass is 9.81. The number of hydrogen-bond donors (Lipinski definition) is 6. The number of carbonyl (C=O) groups is 4. The van der Waals surface area contributed by atoms with Crippen LogP contribution in [0.3, 0.4) is 0 Å². The van der Waals surface area contributed by atoms with Crippen LogP contribution in [0.1, 0.15) is 73.6 Å². The summed E-state index contributed by atoms with van der Waals surface area (Å²) in [5.74, 6) is -2.82. The van der Waals surface area contributed by atoms with Gasteiger partial charge in [-0.15, -0.1) is 0 Å². The molecule has 188 valence electrons. The summed E-state index contributed by atoms with van der Waals surface area (Å²) >= 11 is 0. The molecule has 0 aromatic carbocycles. The molecule has 0 radical (unpaired) electrons. The molecule has 1 saturated carbocycles. The molecule has 10 nitrogen and oxygen atoms in total. The van der Waals surface area contributed by atoms with Crippen LogP contribution >= 0.6 is 0 Å². The molecular formula is C22H41BN4O6. The summed E-state index contributed by atoms with van der Waals surface area (Å²) in [5, 5.41) is 28.7. The molecule has 1 fully saturated rings. The minimum atomic E-state index is -1.72. The van der Waals surface area contributed by atoms with Gasteiger partial charge in [-0.25, -0.2) is 0 Å². The van der Waals surface area contributed by atoms with E-state index < -0.39 is 48.3 Å². The van der Waals surface area contributed by atoms with Crippen LogP contribution in [0.2, 0.25) is 0 Å². The van der Waals surface area contributed by atoms with E-state index in [1.807, 2.05) is 13.8 Å². The quantitative estimate of drug-likeness (QED) is 0.232. The fourth-order valence-corrected chi connectivity index (χ4v) is 3.65. The molecule has 0 bridgehead atoms. The second-order valence-electron chi connectivity index (χ2n) is 10.1. The van der Waals surface area contributed by atoms with Crippen molar-refractivity contribution in [2.24, 2.45) is 17.3 Å². The van der Waals surface area contributed by atoms with Crippen molar-refractivity contribution in [3.05, 3.63) is 0 Å². The first-order chi connectivity index (χ1) is 15.3. The molecular weight excluding hydrogens is 427 g/mol. The molecule has 0 heterocycles. The van der Waals surface area contributed by atoms with Gasteiger partial charge in [-0.2, -0.15) is 0 Å². The van der Waals surface area contributed by atoms with E-state index in [9.17, 15) is 19.2 Å². The first-order valence-corrected chi connectivity index (χ1v) is 11.8. The van der Waals surface area contributed by atoms with Gasteiger partial charge in [-0.05, 0) is 31.6 Å². The van der Waals surface area contributed by atoms with E-state index in [0.29, 0.717) is 6.42 Å². The van der Waals surface area contributed by atoms with Crippen molar-refractivity contribution in [3.8, 4) is 0 Å². The van der Waals surface area contributed by atoms with Crippen LogP contribution in [0.5, 0.6) is 0 Å². The van der Waals surface area contributed by atoms with E-state index in [1.54, 1.807) is 20.8 Å². The van der Waals surface area contributed by atoms with Gasteiger partial charge in [0.15, 0.2) is 0 Å². The van der Waals surface area contributed by atoms with Crippen molar-refractivity contribution in [2.75, 3.05) is 6.54 Å². The van der Waals surface area contributed by atoms with Gasteiger partial charge < -0.3 is 31.3 Å². The molecule has 0 aromatic rings. The van der Waals surface area contributed by atoms with Gasteiger partial charge >= 0.3 is 7.12 Å². The molecule has 1 aliphatic carbocycles. The molecule has 0 unspecified atom stereocenters. The number of carbonyl (C=O) groups excluding carboxylic acids is 4. The summed E-state index contributed by atoms with van der Waals surface area (Å²) in [7, 11) is -1.72. The Morgan fingerprint density at radius 3 is 2.03 bits per heavy atom. The Labute approximate surface area is 197 Å². The molecule has 0 saturated heterocycles. The topological polar surface area (TPSA) is 157 Å². The molecule has 0 aliphatic heterocycles. The van der Waals surface area contributed by atoms with Crippen LogP contribution in [-0.2, 0) is 19.2 Å². The van der Waals surface area contributed by atoms with Gasteiger partial charge in [0, 0.05) is 5.41 Å². The molecule has 1 rings (SSSR count). The number of nitrogens with one attached hydrogen (secondary N) is 4. The van der Waals surface area contributed by atoms with Gasteiger partial charge in [0.25, 0.3) is 0 Å². The van der Waals surface area contributed by atoms with Crippen LogP contribution < -0.4 is 21.3 Å². The van der Waals surface area contributed by atoms with Crippen LogP contribution in [0.25, 0.3) is 0 Å². The van der Waals surface area contributed by atoms with Crippen molar-refractivity contribution in [1.29, 1.82) is 0 Å². The SMILES string of the molecule is CC[C@H](C)[C@H](NC(=O)[C@@H](NC(=O)C(C)(C)C)C1CCCC1)C(=O)NCC(=O)N[C@@H](C)B(O)O. The largest absolute Gasteiger partial charge is 0.475 e. The number of amides is 4. The Hall–Kier alpha value is -2.14. The summed E-state index contributed by atoms with van der Waals surface area (Å²) in [5.41, 5.74) is -0.655. The second kappa shape index (κ2) is 12.9. The Morgan fingerprint density at radius 2 is 1.55 bits per heavy atom. The normalized spacial score (nSPS) is 17.9. The Morgan fingerprint density at radius 1 is 0.970 bits per heavy atom. The monoisotopic (exact) mass is 468 g/mol. The van der Waals surface area contributed by atoms with Crippen molar-refractivity contribution < 1.29 is 29.2 Å². The zero-order valence-corrected chi connectivity index (χ0v) is 20.7. The van der Waals surface area contributed by atoms with Crippen molar-refractivity contribution in [1.82, 2.24) is 21.3 Å². The predicted octanol–water partition coefficient (Wildman–Crippen LogP) is -0.129. The molecule has 1 aliphatic rings. The van der Waals surface area contributed by atoms with Gasteiger partial charge in [0.2, 0.25) is 23.6 Å². The van der Waals surface area contributed by atoms with E-state index in [4.69, 9.17) is 10.0 Å². The Bertz CT molecular complexity index is 691. The number of rotatable bonds is 11. The third kappa shape index (κ3) is 9.33. The van der Waals surface area contributed by atoms with E-state index in [2.05, 4.69) is 21.3 Å². The molecule has 0 aromatic heterocycles. The fraction of sp³-hybridized carbons (Fsp3) is 0.818. The average molecular weight is 468 g/mol. The maximum atomic E-state index is 13.2. The first kappa shape index (κ1) is 28.9. The van der Waals surface area contributed by atoms with Gasteiger partial charge in [0.1, 0.15) is 12.1 Å². The van der Waals surface area contributed by atoms with Crippen molar-refractivity contribution >= 4 is 30.7 Å². The lowest BCUT2D eigenvalue weighted by Crippen LogP contribution is -2.59. The summed E-state index contributed by atoms with van der Waals surface area (Å²) in [6.07, 6.45) is 4.26. The zero-order valence-electron chi connectivity index (χ0n) is 20.7. The molecule has 4 atom stereocenters. The Kier molecular flexibility index (Phi) is 11.3. The second-order valence-corrected chi connectivity index (χ2v) is 10.1. The van der Waals surface area contributed by atoms with Gasteiger partial charge in [0.05, 0.1) is 12.5 Å². The lowest BCUT2D eigenvalue weighted by Gasteiger charge is -2.30. The standard InChI is InChI=1S/C22H41BN4O6/c1-7-13(2)17(19(29)24-12-16(28)25-14(3)23(32)33)26-20(30)18(15-10-8-9-11-15)27-21(31)22(4,5)6/h13-15,17-18,32-33H,7-12H2,1-6H3,(H,24,29)(H,25,28)(H,26,30)(H,27,31)/t13-,14-,17-,18-/m0/s1. The highest BCUT2D eigenvalue weighted by molar-refractivity contribution is 6.43. The summed E-state index contributed by atoms with van der Waals surface area (Å²) < 4.78 is 0. The van der Waals surface area contributed by atoms with Crippen LogP contribution in [0.15, 0.2) is 0 Å². The van der Waals surface area contributed by atoms with E-state index in [0.717, 1.165) is 25.7 Å². The highest BCUT2D eigenvalue weighted by atomic mass is 16.4. The summed E-state index contributed by atoms with van der Waals surface area (Å²) in [6, 6.07) is -1.61. The van der Waals surface area contributed by atoms with Crippen LogP contribution in [-0.4, -0.2) is 65.4 Å². The molecule has 6 N–H and O–H groups in total. The summed E-state index contributed by atoms with van der Waals surface area (Å²) in [6.45, 7) is 10.1. The minimum absolute atomic E-state index is 0.00844. The van der Waals surface area contributed by atoms with Gasteiger partial charge in [-0.3, -0.25) is 19.2 Å². The highest BCUT2D eigenvalue weighted by Gasteiger charge is 2.37. The lowest BCUT2D eigenvalue weighted by molar-refractivity contribution is -0.136. The highest BCUT2D eigenvalue weighted by Crippen LogP contribution is 2.29. The smallest absolute Gasteiger partial charge is 0.426 e. The maximum Gasteiger partial charge on any atom is 0.475 e. The minimum Gasteiger partial charge on any atom is -0.426 e. The molecule has 0 spiro atoms. The molecule has 33 heavy (non-hydrogen) atoms. The van der Waals surface area contributed by atoms with E-state index >= 15 is 0 Å². The van der Waals surface area contributed by atoms with E-state index in [-0.39, 0.29) is 24.3 Å². The van der Waals surface area contributed by atoms with Crippen LogP contribution in [0.4, 0.5) is 0 Å². The van der Waals surface area contributed by atoms with Crippen LogP contribution in [0, 0.1) is 17.3 Å². The van der Waals surface area contributed by atoms with Crippen molar-refractivity contribution in [3.63, 3.8) is 0 Å². The third-order valence-electron chi connectivity index (χ3n) is 6.17. The third-order valence-corrected chi connectivity index (χ3v) is 6.17. The fourth-order valence-electron chi connectivity index (χ4n) is 3.65. The maximum absolute atomic E-state index is 13.2. The van der Waals surface area contributed by atoms with Gasteiger partial charge in [-0.1, -0.05) is 53.9 Å².